The SMILES string of the molecule is CCC1CCCCN1C(=O)C(C)Sc1nc(-c2ccccc2)cc(C(F)(F)F)n1. The summed E-state index contributed by atoms with van der Waals surface area (Å²) in [5.74, 6) is -0.0659. The number of carbonyl (C=O) groups excluding carboxylic acids is 1. The zero-order valence-electron chi connectivity index (χ0n) is 16.4. The molecule has 2 unspecified atom stereocenters. The normalized spacial score (nSPS) is 18.5. The van der Waals surface area contributed by atoms with Crippen LogP contribution in [0.2, 0.25) is 0 Å². The van der Waals surface area contributed by atoms with E-state index < -0.39 is 17.1 Å². The van der Waals surface area contributed by atoms with Gasteiger partial charge in [-0.3, -0.25) is 4.79 Å². The summed E-state index contributed by atoms with van der Waals surface area (Å²) in [6, 6.07) is 9.81. The van der Waals surface area contributed by atoms with Crippen LogP contribution in [-0.4, -0.2) is 38.6 Å². The molecular formula is C21H24F3N3OS. The first-order chi connectivity index (χ1) is 13.8. The number of carbonyl (C=O) groups is 1. The zero-order valence-corrected chi connectivity index (χ0v) is 17.3. The van der Waals surface area contributed by atoms with E-state index in [1.54, 1.807) is 37.3 Å². The summed E-state index contributed by atoms with van der Waals surface area (Å²) in [6.07, 6.45) is -0.687. The smallest absolute Gasteiger partial charge is 0.339 e. The highest BCUT2D eigenvalue weighted by atomic mass is 32.2. The molecule has 0 spiro atoms. The third-order valence-corrected chi connectivity index (χ3v) is 6.03. The lowest BCUT2D eigenvalue weighted by Gasteiger charge is -2.36. The second-order valence-corrected chi connectivity index (χ2v) is 8.44. The van der Waals surface area contributed by atoms with Crippen molar-refractivity contribution in [2.75, 3.05) is 6.54 Å². The predicted molar refractivity (Wildman–Crippen MR) is 107 cm³/mol. The summed E-state index contributed by atoms with van der Waals surface area (Å²) in [7, 11) is 0. The highest BCUT2D eigenvalue weighted by molar-refractivity contribution is 8.00. The second-order valence-electron chi connectivity index (χ2n) is 7.13. The number of hydrogen-bond donors (Lipinski definition) is 0. The molecule has 1 aliphatic rings. The van der Waals surface area contributed by atoms with E-state index in [2.05, 4.69) is 16.9 Å². The molecule has 2 atom stereocenters. The Bertz CT molecular complexity index is 845. The quantitative estimate of drug-likeness (QED) is 0.475. The van der Waals surface area contributed by atoms with Gasteiger partial charge in [-0.05, 0) is 38.7 Å². The van der Waals surface area contributed by atoms with Crippen LogP contribution in [0.5, 0.6) is 0 Å². The summed E-state index contributed by atoms with van der Waals surface area (Å²) >= 11 is 0.984. The van der Waals surface area contributed by atoms with Gasteiger partial charge in [-0.25, -0.2) is 9.97 Å². The zero-order chi connectivity index (χ0) is 21.0. The van der Waals surface area contributed by atoms with E-state index in [4.69, 9.17) is 0 Å². The molecule has 8 heteroatoms. The molecule has 1 saturated heterocycles. The van der Waals surface area contributed by atoms with Crippen LogP contribution < -0.4 is 0 Å². The molecule has 1 fully saturated rings. The van der Waals surface area contributed by atoms with Gasteiger partial charge in [0.1, 0.15) is 5.69 Å². The number of amides is 1. The minimum absolute atomic E-state index is 0.0374. The van der Waals surface area contributed by atoms with Gasteiger partial charge < -0.3 is 4.90 Å². The minimum Gasteiger partial charge on any atom is -0.339 e. The molecule has 4 nitrogen and oxygen atoms in total. The largest absolute Gasteiger partial charge is 0.433 e. The lowest BCUT2D eigenvalue weighted by molar-refractivity contribution is -0.141. The first kappa shape index (κ1) is 21.6. The van der Waals surface area contributed by atoms with Crippen molar-refractivity contribution in [2.24, 2.45) is 0 Å². The topological polar surface area (TPSA) is 46.1 Å². The maximum absolute atomic E-state index is 13.4. The maximum Gasteiger partial charge on any atom is 0.433 e. The molecule has 0 N–H and O–H groups in total. The van der Waals surface area contributed by atoms with Crippen LogP contribution in [0.3, 0.4) is 0 Å². The van der Waals surface area contributed by atoms with Crippen molar-refractivity contribution in [3.63, 3.8) is 0 Å². The fraction of sp³-hybridized carbons (Fsp3) is 0.476. The number of likely N-dealkylation sites (tertiary alicyclic amines) is 1. The summed E-state index contributed by atoms with van der Waals surface area (Å²) in [4.78, 5) is 22.8. The first-order valence-electron chi connectivity index (χ1n) is 9.78. The molecule has 2 aromatic rings. The van der Waals surface area contributed by atoms with Gasteiger partial charge in [0, 0.05) is 18.2 Å². The number of alkyl halides is 3. The summed E-state index contributed by atoms with van der Waals surface area (Å²) in [5, 5.41) is -0.598. The predicted octanol–water partition coefficient (Wildman–Crippen LogP) is 5.43. The summed E-state index contributed by atoms with van der Waals surface area (Å²) < 4.78 is 40.1. The summed E-state index contributed by atoms with van der Waals surface area (Å²) in [6.45, 7) is 4.46. The number of benzene rings is 1. The average molecular weight is 424 g/mol. The van der Waals surface area contributed by atoms with Crippen LogP contribution >= 0.6 is 11.8 Å². The Morgan fingerprint density at radius 1 is 1.24 bits per heavy atom. The Hall–Kier alpha value is -2.09. The fourth-order valence-corrected chi connectivity index (χ4v) is 4.39. The number of thioether (sulfide) groups is 1. The van der Waals surface area contributed by atoms with Crippen LogP contribution in [0.1, 0.15) is 45.2 Å². The van der Waals surface area contributed by atoms with Gasteiger partial charge >= 0.3 is 6.18 Å². The average Bonchev–Trinajstić information content (AvgIpc) is 2.73. The molecule has 156 valence electrons. The lowest BCUT2D eigenvalue weighted by atomic mass is 10.00. The number of aromatic nitrogens is 2. The number of rotatable bonds is 5. The molecule has 0 aliphatic carbocycles. The molecule has 0 radical (unpaired) electrons. The van der Waals surface area contributed by atoms with Gasteiger partial charge in [0.15, 0.2) is 5.16 Å². The second kappa shape index (κ2) is 9.15. The van der Waals surface area contributed by atoms with Gasteiger partial charge in [-0.2, -0.15) is 13.2 Å². The van der Waals surface area contributed by atoms with Crippen molar-refractivity contribution >= 4 is 17.7 Å². The van der Waals surface area contributed by atoms with Crippen LogP contribution in [0.4, 0.5) is 13.2 Å². The monoisotopic (exact) mass is 423 g/mol. The molecule has 2 heterocycles. The molecule has 3 rings (SSSR count). The van der Waals surface area contributed by atoms with Crippen molar-refractivity contribution in [1.29, 1.82) is 0 Å². The van der Waals surface area contributed by atoms with E-state index in [0.29, 0.717) is 12.1 Å². The molecule has 1 aliphatic heterocycles. The van der Waals surface area contributed by atoms with Crippen molar-refractivity contribution in [1.82, 2.24) is 14.9 Å². The number of hydrogen-bond acceptors (Lipinski definition) is 4. The standard InChI is InChI=1S/C21H24F3N3OS/c1-3-16-11-7-8-12-27(16)19(28)14(2)29-20-25-17(15-9-5-4-6-10-15)13-18(26-20)21(22,23)24/h4-6,9-10,13-14,16H,3,7-8,11-12H2,1-2H3. The molecule has 0 saturated carbocycles. The van der Waals surface area contributed by atoms with Crippen molar-refractivity contribution in [3.8, 4) is 11.3 Å². The van der Waals surface area contributed by atoms with E-state index in [1.807, 2.05) is 4.90 Å². The number of piperidine rings is 1. The highest BCUT2D eigenvalue weighted by Gasteiger charge is 2.35. The van der Waals surface area contributed by atoms with E-state index in [9.17, 15) is 18.0 Å². The first-order valence-corrected chi connectivity index (χ1v) is 10.7. The van der Waals surface area contributed by atoms with Gasteiger partial charge in [-0.1, -0.05) is 49.0 Å². The molecule has 29 heavy (non-hydrogen) atoms. The van der Waals surface area contributed by atoms with E-state index in [-0.39, 0.29) is 22.8 Å². The third-order valence-electron chi connectivity index (χ3n) is 5.08. The minimum atomic E-state index is -4.59. The summed E-state index contributed by atoms with van der Waals surface area (Å²) in [5.41, 5.74) is -0.235. The van der Waals surface area contributed by atoms with Gasteiger partial charge in [0.25, 0.3) is 0 Å². The molecule has 1 aromatic heterocycles. The number of nitrogens with zero attached hydrogens (tertiary/aromatic N) is 3. The van der Waals surface area contributed by atoms with Crippen molar-refractivity contribution in [3.05, 3.63) is 42.1 Å². The van der Waals surface area contributed by atoms with Crippen LogP contribution in [-0.2, 0) is 11.0 Å². The molecule has 0 bridgehead atoms. The Kier molecular flexibility index (Phi) is 6.82. The maximum atomic E-state index is 13.4. The van der Waals surface area contributed by atoms with Gasteiger partial charge in [0.2, 0.25) is 5.91 Å². The molecule has 1 aromatic carbocycles. The highest BCUT2D eigenvalue weighted by Crippen LogP contribution is 2.33. The van der Waals surface area contributed by atoms with Crippen LogP contribution in [0.25, 0.3) is 11.3 Å². The molecule has 1 amide bonds. The molecular weight excluding hydrogens is 399 g/mol. The van der Waals surface area contributed by atoms with E-state index in [1.165, 1.54) is 0 Å². The van der Waals surface area contributed by atoms with Crippen LogP contribution in [0.15, 0.2) is 41.6 Å². The Labute approximate surface area is 172 Å². The number of halogens is 3. The van der Waals surface area contributed by atoms with E-state index in [0.717, 1.165) is 43.5 Å². The third kappa shape index (κ3) is 5.29. The van der Waals surface area contributed by atoms with Crippen LogP contribution in [0, 0.1) is 0 Å². The Morgan fingerprint density at radius 3 is 2.62 bits per heavy atom. The van der Waals surface area contributed by atoms with Crippen molar-refractivity contribution < 1.29 is 18.0 Å². The Morgan fingerprint density at radius 2 is 1.97 bits per heavy atom. The Balaban J connectivity index is 1.86. The van der Waals surface area contributed by atoms with Crippen molar-refractivity contribution in [2.45, 2.75) is 62.2 Å². The van der Waals surface area contributed by atoms with Gasteiger partial charge in [-0.15, -0.1) is 0 Å². The fourth-order valence-electron chi connectivity index (χ4n) is 3.54. The van der Waals surface area contributed by atoms with Gasteiger partial charge in [0.05, 0.1) is 10.9 Å². The van der Waals surface area contributed by atoms with E-state index >= 15 is 0 Å². The lowest BCUT2D eigenvalue weighted by Crippen LogP contribution is -2.46.